The molecule has 4 N–H and O–H groups in total. The van der Waals surface area contributed by atoms with Gasteiger partial charge in [0.25, 0.3) is 0 Å². The van der Waals surface area contributed by atoms with Crippen LogP contribution in [-0.4, -0.2) is 39.9 Å². The fourth-order valence-corrected chi connectivity index (χ4v) is 1.52. The van der Waals surface area contributed by atoms with Crippen LogP contribution in [0.4, 0.5) is 24.9 Å². The highest BCUT2D eigenvalue weighted by Gasteiger charge is 2.30. The van der Waals surface area contributed by atoms with E-state index in [9.17, 15) is 13.2 Å². The predicted molar refractivity (Wildman–Crippen MR) is 58.8 cm³/mol. The van der Waals surface area contributed by atoms with Crippen molar-refractivity contribution in [1.82, 2.24) is 20.2 Å². The van der Waals surface area contributed by atoms with Crippen LogP contribution in [-0.2, 0) is 0 Å². The number of aromatic nitrogens is 4. The highest BCUT2D eigenvalue weighted by Crippen LogP contribution is 2.25. The number of anilines is 2. The van der Waals surface area contributed by atoms with Gasteiger partial charge in [0.05, 0.1) is 11.6 Å². The van der Waals surface area contributed by atoms with Crippen molar-refractivity contribution in [2.24, 2.45) is 5.84 Å². The zero-order chi connectivity index (χ0) is 13.3. The van der Waals surface area contributed by atoms with E-state index in [1.807, 2.05) is 0 Å². The van der Waals surface area contributed by atoms with Crippen LogP contribution in [0.3, 0.4) is 0 Å². The summed E-state index contributed by atoms with van der Waals surface area (Å²) in [5.41, 5.74) is 2.50. The summed E-state index contributed by atoms with van der Waals surface area (Å²) in [4.78, 5) is 8.77. The van der Waals surface area contributed by atoms with Crippen molar-refractivity contribution >= 4 is 22.8 Å². The molecule has 98 valence electrons. The monoisotopic (exact) mass is 261 g/mol. The summed E-state index contributed by atoms with van der Waals surface area (Å²) in [7, 11) is 1.28. The van der Waals surface area contributed by atoms with Crippen LogP contribution in [0, 0.1) is 0 Å². The average molecular weight is 261 g/mol. The minimum absolute atomic E-state index is 0.00998. The van der Waals surface area contributed by atoms with E-state index in [0.29, 0.717) is 11.0 Å². The van der Waals surface area contributed by atoms with Gasteiger partial charge in [-0.3, -0.25) is 10.5 Å². The summed E-state index contributed by atoms with van der Waals surface area (Å²) < 4.78 is 37.1. The molecule has 0 aliphatic rings. The summed E-state index contributed by atoms with van der Waals surface area (Å²) in [5, 5.41) is 6.65. The van der Waals surface area contributed by atoms with Crippen molar-refractivity contribution in [2.75, 3.05) is 23.9 Å². The molecule has 7 nitrogen and oxygen atoms in total. The predicted octanol–water partition coefficient (Wildman–Crippen LogP) is 0.637. The molecule has 0 aromatic carbocycles. The zero-order valence-corrected chi connectivity index (χ0v) is 9.28. The Morgan fingerprint density at radius 2 is 2.17 bits per heavy atom. The number of fused-ring (bicyclic) bond motifs is 1. The van der Waals surface area contributed by atoms with Crippen LogP contribution >= 0.6 is 0 Å². The quantitative estimate of drug-likeness (QED) is 0.554. The third-order valence-corrected chi connectivity index (χ3v) is 2.20. The molecule has 0 aliphatic carbocycles. The number of nitrogens with zero attached hydrogens (tertiary/aromatic N) is 4. The Hall–Kier alpha value is -2.10. The van der Waals surface area contributed by atoms with E-state index in [1.54, 1.807) is 0 Å². The van der Waals surface area contributed by atoms with E-state index in [4.69, 9.17) is 5.84 Å². The Bertz CT molecular complexity index is 549. The smallest absolute Gasteiger partial charge is 0.350 e. The maximum Gasteiger partial charge on any atom is 0.405 e. The first-order valence-corrected chi connectivity index (χ1v) is 4.86. The maximum absolute atomic E-state index is 12.4. The molecule has 0 spiro atoms. The lowest BCUT2D eigenvalue weighted by atomic mass is 10.3. The molecule has 0 radical (unpaired) electrons. The minimum atomic E-state index is -4.33. The zero-order valence-electron chi connectivity index (χ0n) is 9.28. The Kier molecular flexibility index (Phi) is 2.95. The third-order valence-electron chi connectivity index (χ3n) is 2.20. The fraction of sp³-hybridized carbons (Fsp3) is 0.375. The molecule has 0 fully saturated rings. The van der Waals surface area contributed by atoms with Gasteiger partial charge in [-0.15, -0.1) is 0 Å². The number of hydrogen-bond acceptors (Lipinski definition) is 6. The first-order chi connectivity index (χ1) is 8.40. The lowest BCUT2D eigenvalue weighted by Gasteiger charge is -2.20. The molecular weight excluding hydrogens is 251 g/mol. The fourth-order valence-electron chi connectivity index (χ4n) is 1.52. The SMILES string of the molecule is CN(CC(F)(F)F)c1nc(NN)nc2[nH]ncc12. The van der Waals surface area contributed by atoms with Crippen LogP contribution in [0.1, 0.15) is 0 Å². The number of alkyl halides is 3. The Morgan fingerprint density at radius 1 is 1.44 bits per heavy atom. The molecule has 0 amide bonds. The van der Waals surface area contributed by atoms with Gasteiger partial charge in [-0.1, -0.05) is 0 Å². The minimum Gasteiger partial charge on any atom is -0.350 e. The lowest BCUT2D eigenvalue weighted by Crippen LogP contribution is -2.31. The van der Waals surface area contributed by atoms with E-state index in [2.05, 4.69) is 25.6 Å². The normalized spacial score (nSPS) is 11.8. The Morgan fingerprint density at radius 3 is 2.78 bits per heavy atom. The number of aromatic amines is 1. The van der Waals surface area contributed by atoms with Crippen LogP contribution in [0.5, 0.6) is 0 Å². The van der Waals surface area contributed by atoms with Gasteiger partial charge in [0.15, 0.2) is 5.65 Å². The molecular formula is C8H10F3N7. The number of nitrogen functional groups attached to an aromatic ring is 1. The van der Waals surface area contributed by atoms with Gasteiger partial charge in [-0.05, 0) is 0 Å². The van der Waals surface area contributed by atoms with E-state index in [0.717, 1.165) is 4.90 Å². The molecule has 0 aliphatic heterocycles. The van der Waals surface area contributed by atoms with E-state index in [-0.39, 0.29) is 11.8 Å². The number of rotatable bonds is 3. The van der Waals surface area contributed by atoms with Gasteiger partial charge < -0.3 is 4.90 Å². The van der Waals surface area contributed by atoms with Crippen LogP contribution in [0.2, 0.25) is 0 Å². The highest BCUT2D eigenvalue weighted by molar-refractivity contribution is 5.87. The number of halogens is 3. The van der Waals surface area contributed by atoms with Gasteiger partial charge in [0.1, 0.15) is 12.4 Å². The number of nitrogens with two attached hydrogens (primary N) is 1. The van der Waals surface area contributed by atoms with Gasteiger partial charge in [-0.25, -0.2) is 5.84 Å². The third kappa shape index (κ3) is 2.42. The molecule has 10 heteroatoms. The van der Waals surface area contributed by atoms with E-state index in [1.165, 1.54) is 13.2 Å². The first kappa shape index (κ1) is 12.4. The van der Waals surface area contributed by atoms with Gasteiger partial charge >= 0.3 is 6.18 Å². The average Bonchev–Trinajstić information content (AvgIpc) is 2.72. The van der Waals surface area contributed by atoms with Crippen LogP contribution in [0.15, 0.2) is 6.20 Å². The van der Waals surface area contributed by atoms with Gasteiger partial charge in [0.2, 0.25) is 5.95 Å². The van der Waals surface area contributed by atoms with Crippen molar-refractivity contribution in [3.63, 3.8) is 0 Å². The lowest BCUT2D eigenvalue weighted by molar-refractivity contribution is -0.119. The molecule has 18 heavy (non-hydrogen) atoms. The summed E-state index contributed by atoms with van der Waals surface area (Å²) in [5.74, 6) is 5.26. The summed E-state index contributed by atoms with van der Waals surface area (Å²) in [6.45, 7) is -1.13. The second kappa shape index (κ2) is 4.29. The van der Waals surface area contributed by atoms with Crippen molar-refractivity contribution in [2.45, 2.75) is 6.18 Å². The van der Waals surface area contributed by atoms with E-state index < -0.39 is 12.7 Å². The van der Waals surface area contributed by atoms with Crippen LogP contribution < -0.4 is 16.2 Å². The number of nitrogens with one attached hydrogen (secondary N) is 2. The van der Waals surface area contributed by atoms with Crippen molar-refractivity contribution in [3.8, 4) is 0 Å². The van der Waals surface area contributed by atoms with Crippen molar-refractivity contribution in [1.29, 1.82) is 0 Å². The second-order valence-electron chi connectivity index (χ2n) is 3.62. The molecule has 0 unspecified atom stereocenters. The molecule has 0 atom stereocenters. The molecule has 2 aromatic heterocycles. The van der Waals surface area contributed by atoms with Gasteiger partial charge in [-0.2, -0.15) is 28.2 Å². The second-order valence-corrected chi connectivity index (χ2v) is 3.62. The Balaban J connectivity index is 2.45. The van der Waals surface area contributed by atoms with Crippen molar-refractivity contribution < 1.29 is 13.2 Å². The first-order valence-electron chi connectivity index (χ1n) is 4.86. The number of hydrazine groups is 1. The summed E-state index contributed by atoms with van der Waals surface area (Å²) in [6.07, 6.45) is -2.97. The largest absolute Gasteiger partial charge is 0.405 e. The van der Waals surface area contributed by atoms with Crippen LogP contribution in [0.25, 0.3) is 11.0 Å². The number of hydrogen-bond donors (Lipinski definition) is 3. The standard InChI is InChI=1S/C8H10F3N7/c1-18(3-8(9,10)11)6-4-2-13-17-5(4)14-7(15-6)16-12/h2H,3,12H2,1H3,(H2,13,14,15,16,17). The molecule has 0 bridgehead atoms. The topological polar surface area (TPSA) is 95.8 Å². The molecule has 2 rings (SSSR count). The molecule has 2 aromatic rings. The molecule has 2 heterocycles. The summed E-state index contributed by atoms with van der Waals surface area (Å²) in [6, 6.07) is 0. The number of H-pyrrole nitrogens is 1. The van der Waals surface area contributed by atoms with Gasteiger partial charge in [0, 0.05) is 7.05 Å². The van der Waals surface area contributed by atoms with E-state index >= 15 is 0 Å². The van der Waals surface area contributed by atoms with Crippen molar-refractivity contribution in [3.05, 3.63) is 6.20 Å². The molecule has 0 saturated heterocycles. The Labute approximate surface area is 99.2 Å². The summed E-state index contributed by atoms with van der Waals surface area (Å²) >= 11 is 0. The highest BCUT2D eigenvalue weighted by atomic mass is 19.4. The maximum atomic E-state index is 12.4. The molecule has 0 saturated carbocycles.